The fraction of sp³-hybridized carbons (Fsp3) is 0.400. The third-order valence-electron chi connectivity index (χ3n) is 2.55. The number of nitrogens with zero attached hydrogens (tertiary/aromatic N) is 1. The molecule has 1 aromatic rings. The minimum absolute atomic E-state index is 0.115. The summed E-state index contributed by atoms with van der Waals surface area (Å²) < 4.78 is 0. The summed E-state index contributed by atoms with van der Waals surface area (Å²) in [5.74, 6) is 0.250. The molecule has 0 spiro atoms. The molecule has 0 radical (unpaired) electrons. The van der Waals surface area contributed by atoms with Crippen LogP contribution in [0.3, 0.4) is 0 Å². The first-order valence-electron chi connectivity index (χ1n) is 4.44. The molecule has 13 heavy (non-hydrogen) atoms. The van der Waals surface area contributed by atoms with Crippen molar-refractivity contribution in [2.45, 2.75) is 12.8 Å². The Morgan fingerprint density at radius 2 is 2.31 bits per heavy atom. The van der Waals surface area contributed by atoms with Gasteiger partial charge in [-0.15, -0.1) is 0 Å². The third kappa shape index (κ3) is 1.41. The molecule has 1 heterocycles. The Balaban J connectivity index is 2.18. The van der Waals surface area contributed by atoms with Crippen LogP contribution >= 0.6 is 0 Å². The Morgan fingerprint density at radius 3 is 3.00 bits per heavy atom. The molecule has 0 aliphatic heterocycles. The predicted molar refractivity (Wildman–Crippen MR) is 49.2 cm³/mol. The molecule has 0 saturated heterocycles. The van der Waals surface area contributed by atoms with Crippen LogP contribution in [0.2, 0.25) is 0 Å². The Labute approximate surface area is 77.2 Å². The van der Waals surface area contributed by atoms with Gasteiger partial charge in [0.15, 0.2) is 0 Å². The maximum atomic E-state index is 11.4. The molecule has 1 atom stereocenters. The van der Waals surface area contributed by atoms with E-state index in [0.717, 1.165) is 12.8 Å². The molecular weight excluding hydrogens is 164 g/mol. The molecule has 0 bridgehead atoms. The fourth-order valence-electron chi connectivity index (χ4n) is 1.83. The van der Waals surface area contributed by atoms with Gasteiger partial charge in [-0.2, -0.15) is 0 Å². The quantitative estimate of drug-likeness (QED) is 0.678. The number of hydrogen-bond donors (Lipinski definition) is 1. The maximum Gasteiger partial charge on any atom is 0.223 e. The molecule has 1 aliphatic rings. The number of carbonyl (C=O) groups is 1. The molecule has 3 nitrogen and oxygen atoms in total. The van der Waals surface area contributed by atoms with Gasteiger partial charge in [0.1, 0.15) is 0 Å². The smallest absolute Gasteiger partial charge is 0.223 e. The second kappa shape index (κ2) is 3.17. The maximum absolute atomic E-state index is 11.4. The molecule has 1 amide bonds. The van der Waals surface area contributed by atoms with Gasteiger partial charge >= 0.3 is 0 Å². The number of amides is 1. The summed E-state index contributed by atoms with van der Waals surface area (Å²) in [5.41, 5.74) is 2.49. The minimum atomic E-state index is 0.115. The molecule has 1 N–H and O–H groups in total. The summed E-state index contributed by atoms with van der Waals surface area (Å²) in [6.45, 7) is 0. The Hall–Kier alpha value is -1.38. The number of nitrogens with one attached hydrogen (secondary N) is 1. The third-order valence-corrected chi connectivity index (χ3v) is 2.55. The van der Waals surface area contributed by atoms with E-state index >= 15 is 0 Å². The van der Waals surface area contributed by atoms with Crippen LogP contribution in [0.5, 0.6) is 0 Å². The Morgan fingerprint density at radius 1 is 1.54 bits per heavy atom. The van der Waals surface area contributed by atoms with E-state index < -0.39 is 0 Å². The number of rotatable bonds is 1. The van der Waals surface area contributed by atoms with Crippen LogP contribution in [0.15, 0.2) is 18.5 Å². The van der Waals surface area contributed by atoms with Crippen molar-refractivity contribution in [3.63, 3.8) is 0 Å². The molecule has 0 saturated carbocycles. The number of fused-ring (bicyclic) bond motifs is 1. The van der Waals surface area contributed by atoms with E-state index in [1.54, 1.807) is 13.2 Å². The summed E-state index contributed by atoms with van der Waals surface area (Å²) >= 11 is 0. The molecule has 68 valence electrons. The minimum Gasteiger partial charge on any atom is -0.359 e. The summed E-state index contributed by atoms with van der Waals surface area (Å²) in [6, 6.07) is 2.00. The van der Waals surface area contributed by atoms with Crippen molar-refractivity contribution < 1.29 is 4.79 Å². The standard InChI is InChI=1S/C10H12N2O/c1-11-10(13)8-4-7-2-3-12-6-9(7)5-8/h2-3,6,8H,4-5H2,1H3,(H,11,13). The van der Waals surface area contributed by atoms with Gasteiger partial charge in [0.2, 0.25) is 5.91 Å². The van der Waals surface area contributed by atoms with E-state index in [1.807, 2.05) is 12.3 Å². The highest BCUT2D eigenvalue weighted by Gasteiger charge is 2.26. The van der Waals surface area contributed by atoms with Gasteiger partial charge in [-0.25, -0.2) is 0 Å². The summed E-state index contributed by atoms with van der Waals surface area (Å²) in [5, 5.41) is 2.68. The zero-order chi connectivity index (χ0) is 9.26. The lowest BCUT2D eigenvalue weighted by atomic mass is 10.1. The highest BCUT2D eigenvalue weighted by Crippen LogP contribution is 2.25. The lowest BCUT2D eigenvalue weighted by Gasteiger charge is -2.05. The second-order valence-electron chi connectivity index (χ2n) is 3.36. The van der Waals surface area contributed by atoms with E-state index in [9.17, 15) is 4.79 Å². The van der Waals surface area contributed by atoms with Crippen molar-refractivity contribution in [2.24, 2.45) is 5.92 Å². The zero-order valence-electron chi connectivity index (χ0n) is 7.58. The van der Waals surface area contributed by atoms with Crippen LogP contribution in [-0.4, -0.2) is 17.9 Å². The Bertz CT molecular complexity index is 310. The van der Waals surface area contributed by atoms with Crippen molar-refractivity contribution in [1.82, 2.24) is 10.3 Å². The van der Waals surface area contributed by atoms with Gasteiger partial charge in [-0.3, -0.25) is 9.78 Å². The van der Waals surface area contributed by atoms with Gasteiger partial charge in [0, 0.05) is 25.4 Å². The van der Waals surface area contributed by atoms with Gasteiger partial charge in [-0.05, 0) is 30.0 Å². The van der Waals surface area contributed by atoms with Crippen LogP contribution in [0.4, 0.5) is 0 Å². The van der Waals surface area contributed by atoms with Crippen LogP contribution < -0.4 is 5.32 Å². The second-order valence-corrected chi connectivity index (χ2v) is 3.36. The molecule has 0 aromatic carbocycles. The lowest BCUT2D eigenvalue weighted by Crippen LogP contribution is -2.27. The largest absolute Gasteiger partial charge is 0.359 e. The van der Waals surface area contributed by atoms with Crippen LogP contribution in [0.1, 0.15) is 11.1 Å². The van der Waals surface area contributed by atoms with Gasteiger partial charge in [-0.1, -0.05) is 0 Å². The SMILES string of the molecule is CNC(=O)C1Cc2ccncc2C1. The van der Waals surface area contributed by atoms with E-state index in [-0.39, 0.29) is 11.8 Å². The predicted octanol–water partition coefficient (Wildman–Crippen LogP) is 0.542. The Kier molecular flexibility index (Phi) is 2.00. The molecule has 1 unspecified atom stereocenters. The van der Waals surface area contributed by atoms with E-state index in [2.05, 4.69) is 10.3 Å². The van der Waals surface area contributed by atoms with Gasteiger partial charge in [0.05, 0.1) is 0 Å². The van der Waals surface area contributed by atoms with Gasteiger partial charge in [0.25, 0.3) is 0 Å². The molecule has 0 fully saturated rings. The van der Waals surface area contributed by atoms with Crippen molar-refractivity contribution in [3.8, 4) is 0 Å². The number of hydrogen-bond acceptors (Lipinski definition) is 2. The molecular formula is C10H12N2O. The van der Waals surface area contributed by atoms with Crippen molar-refractivity contribution in [1.29, 1.82) is 0 Å². The van der Waals surface area contributed by atoms with Crippen LogP contribution in [0, 0.1) is 5.92 Å². The fourth-order valence-corrected chi connectivity index (χ4v) is 1.83. The monoisotopic (exact) mass is 176 g/mol. The molecule has 1 aromatic heterocycles. The van der Waals surface area contributed by atoms with Crippen molar-refractivity contribution in [3.05, 3.63) is 29.6 Å². The van der Waals surface area contributed by atoms with Crippen molar-refractivity contribution in [2.75, 3.05) is 7.05 Å². The van der Waals surface area contributed by atoms with Crippen LogP contribution in [-0.2, 0) is 17.6 Å². The van der Waals surface area contributed by atoms with Crippen molar-refractivity contribution >= 4 is 5.91 Å². The first-order valence-corrected chi connectivity index (χ1v) is 4.44. The summed E-state index contributed by atoms with van der Waals surface area (Å²) in [4.78, 5) is 15.4. The first-order chi connectivity index (χ1) is 6.31. The zero-order valence-corrected chi connectivity index (χ0v) is 7.58. The number of carbonyl (C=O) groups excluding carboxylic acids is 1. The number of pyridine rings is 1. The lowest BCUT2D eigenvalue weighted by molar-refractivity contribution is -0.124. The molecule has 3 heteroatoms. The van der Waals surface area contributed by atoms with E-state index in [0.29, 0.717) is 0 Å². The topological polar surface area (TPSA) is 42.0 Å². The molecule has 1 aliphatic carbocycles. The summed E-state index contributed by atoms with van der Waals surface area (Å²) in [6.07, 6.45) is 5.34. The van der Waals surface area contributed by atoms with E-state index in [4.69, 9.17) is 0 Å². The number of aromatic nitrogens is 1. The highest BCUT2D eigenvalue weighted by atomic mass is 16.1. The highest BCUT2D eigenvalue weighted by molar-refractivity contribution is 5.79. The first kappa shape index (κ1) is 8.23. The van der Waals surface area contributed by atoms with Gasteiger partial charge < -0.3 is 5.32 Å². The summed E-state index contributed by atoms with van der Waals surface area (Å²) in [7, 11) is 1.68. The average Bonchev–Trinajstić information content (AvgIpc) is 2.59. The van der Waals surface area contributed by atoms with Crippen LogP contribution in [0.25, 0.3) is 0 Å². The molecule has 2 rings (SSSR count). The normalized spacial score (nSPS) is 19.6. The van der Waals surface area contributed by atoms with E-state index in [1.165, 1.54) is 11.1 Å². The average molecular weight is 176 g/mol.